The summed E-state index contributed by atoms with van der Waals surface area (Å²) >= 11 is 0. The van der Waals surface area contributed by atoms with Crippen LogP contribution in [0.1, 0.15) is 36.2 Å². The molecule has 0 radical (unpaired) electrons. The number of nitrogens with zero attached hydrogens (tertiary/aromatic N) is 2. The number of nitrogens with one attached hydrogen (secondary N) is 2. The number of ether oxygens (including phenoxy) is 1. The van der Waals surface area contributed by atoms with Crippen molar-refractivity contribution in [2.75, 3.05) is 44.8 Å². The normalized spacial score (nSPS) is 20.6. The Morgan fingerprint density at radius 1 is 1.20 bits per heavy atom. The van der Waals surface area contributed by atoms with E-state index in [9.17, 15) is 31.4 Å². The Labute approximate surface area is 227 Å². The van der Waals surface area contributed by atoms with Crippen LogP contribution >= 0.6 is 0 Å². The van der Waals surface area contributed by atoms with Crippen LogP contribution in [0.25, 0.3) is 10.9 Å². The van der Waals surface area contributed by atoms with E-state index in [0.29, 0.717) is 54.8 Å². The van der Waals surface area contributed by atoms with Crippen LogP contribution in [0.4, 0.5) is 32.0 Å². The van der Waals surface area contributed by atoms with Gasteiger partial charge in [0.05, 0.1) is 30.8 Å². The van der Waals surface area contributed by atoms with E-state index in [1.165, 1.54) is 17.0 Å². The number of H-pyrrole nitrogens is 1. The van der Waals surface area contributed by atoms with Gasteiger partial charge in [0, 0.05) is 54.1 Å². The van der Waals surface area contributed by atoms with Crippen molar-refractivity contribution in [3.8, 4) is 5.75 Å². The number of hydrogen-bond donors (Lipinski definition) is 3. The summed E-state index contributed by atoms with van der Waals surface area (Å²) in [6.45, 7) is -2.10. The van der Waals surface area contributed by atoms with Crippen LogP contribution in [0.2, 0.25) is 0 Å². The fourth-order valence-corrected chi connectivity index (χ4v) is 5.85. The summed E-state index contributed by atoms with van der Waals surface area (Å²) in [5.41, 5.74) is 2.04. The smallest absolute Gasteiger partial charge is 0.387 e. The van der Waals surface area contributed by atoms with Crippen molar-refractivity contribution in [3.05, 3.63) is 59.0 Å². The van der Waals surface area contributed by atoms with Crippen molar-refractivity contribution in [1.29, 1.82) is 0 Å². The SMILES string of the molecule is C[C@@H]1Cc2c([nH]c3c(F)cccc23)C(c2ccc(NC3CN(CCCF)C3)cc2OC(F)F)N1CC(F)(F)CO. The molecule has 0 saturated carbocycles. The van der Waals surface area contributed by atoms with Crippen LogP contribution in [-0.4, -0.2) is 84.0 Å². The largest absolute Gasteiger partial charge is 0.434 e. The Morgan fingerprint density at radius 3 is 2.67 bits per heavy atom. The van der Waals surface area contributed by atoms with Crippen LogP contribution in [0.3, 0.4) is 0 Å². The highest BCUT2D eigenvalue weighted by atomic mass is 19.3. The Hall–Kier alpha value is -2.96. The lowest BCUT2D eigenvalue weighted by atomic mass is 9.87. The lowest BCUT2D eigenvalue weighted by Gasteiger charge is -2.42. The number of anilines is 1. The van der Waals surface area contributed by atoms with Gasteiger partial charge in [0.25, 0.3) is 5.92 Å². The fraction of sp³-hybridized carbons (Fsp3) is 0.500. The second-order valence-corrected chi connectivity index (χ2v) is 10.6. The quantitative estimate of drug-likeness (QED) is 0.272. The lowest BCUT2D eigenvalue weighted by Crippen LogP contribution is -2.54. The first-order chi connectivity index (χ1) is 19.1. The zero-order valence-corrected chi connectivity index (χ0v) is 21.9. The molecule has 5 rings (SSSR count). The molecule has 2 aliphatic heterocycles. The van der Waals surface area contributed by atoms with E-state index in [4.69, 9.17) is 4.74 Å². The van der Waals surface area contributed by atoms with Gasteiger partial charge in [-0.3, -0.25) is 14.2 Å². The first-order valence-corrected chi connectivity index (χ1v) is 13.3. The second-order valence-electron chi connectivity index (χ2n) is 10.6. The molecule has 0 spiro atoms. The van der Waals surface area contributed by atoms with Crippen molar-refractivity contribution >= 4 is 16.6 Å². The van der Waals surface area contributed by atoms with Crippen LogP contribution in [0.5, 0.6) is 5.75 Å². The third kappa shape index (κ3) is 5.75. The van der Waals surface area contributed by atoms with Crippen molar-refractivity contribution in [2.24, 2.45) is 0 Å². The number of rotatable bonds is 11. The van der Waals surface area contributed by atoms with Gasteiger partial charge in [0.1, 0.15) is 18.2 Å². The number of para-hydroxylation sites is 1. The zero-order valence-electron chi connectivity index (χ0n) is 21.9. The van der Waals surface area contributed by atoms with Gasteiger partial charge in [0.2, 0.25) is 0 Å². The number of alkyl halides is 5. The van der Waals surface area contributed by atoms with Gasteiger partial charge in [-0.05, 0) is 37.5 Å². The van der Waals surface area contributed by atoms with Gasteiger partial charge >= 0.3 is 6.61 Å². The number of halogens is 6. The van der Waals surface area contributed by atoms with Gasteiger partial charge in [0.15, 0.2) is 0 Å². The molecule has 3 aromatic rings. The maximum atomic E-state index is 14.7. The summed E-state index contributed by atoms with van der Waals surface area (Å²) in [7, 11) is 0. The standard InChI is InChI=1S/C28H32F6N4O2/c1-16-10-21-19-4-2-5-22(30)24(19)36-25(21)26(38(16)14-28(33,34)15-39)20-7-6-17(11-23(20)40-27(31)32)35-18-12-37(13-18)9-3-8-29/h2,4-7,11,16,18,26-27,35-36,39H,3,8-10,12-15H2,1H3/t16-,26?/m1/s1. The first-order valence-electron chi connectivity index (χ1n) is 13.3. The van der Waals surface area contributed by atoms with Crippen molar-refractivity contribution in [1.82, 2.24) is 14.8 Å². The molecule has 0 amide bonds. The van der Waals surface area contributed by atoms with Gasteiger partial charge in [-0.15, -0.1) is 0 Å². The molecule has 1 unspecified atom stereocenters. The van der Waals surface area contributed by atoms with E-state index in [0.717, 1.165) is 0 Å². The summed E-state index contributed by atoms with van der Waals surface area (Å²) in [5.74, 6) is -4.18. The molecule has 3 heterocycles. The highest BCUT2D eigenvalue weighted by Gasteiger charge is 2.43. The number of likely N-dealkylation sites (tertiary alicyclic amines) is 1. The Morgan fingerprint density at radius 2 is 1.98 bits per heavy atom. The number of aliphatic hydroxyl groups excluding tert-OH is 1. The number of fused-ring (bicyclic) bond motifs is 3. The molecule has 3 N–H and O–H groups in total. The van der Waals surface area contributed by atoms with Gasteiger partial charge in [-0.1, -0.05) is 18.2 Å². The molecular weight excluding hydrogens is 538 g/mol. The van der Waals surface area contributed by atoms with E-state index in [1.54, 1.807) is 31.2 Å². The summed E-state index contributed by atoms with van der Waals surface area (Å²) in [5, 5.41) is 13.2. The number of aromatic amines is 1. The Bertz CT molecular complexity index is 1330. The molecule has 2 aromatic carbocycles. The minimum absolute atomic E-state index is 0.0302. The number of hydrogen-bond acceptors (Lipinski definition) is 5. The zero-order chi connectivity index (χ0) is 28.6. The Kier molecular flexibility index (Phi) is 8.21. The van der Waals surface area contributed by atoms with Crippen molar-refractivity contribution < 1.29 is 36.2 Å². The average molecular weight is 571 g/mol. The predicted octanol–water partition coefficient (Wildman–Crippen LogP) is 5.33. The summed E-state index contributed by atoms with van der Waals surface area (Å²) in [6, 6.07) is 7.73. The topological polar surface area (TPSA) is 63.8 Å². The molecule has 6 nitrogen and oxygen atoms in total. The molecule has 0 aliphatic carbocycles. The summed E-state index contributed by atoms with van der Waals surface area (Å²) in [4.78, 5) is 6.54. The van der Waals surface area contributed by atoms with E-state index in [1.807, 2.05) is 0 Å². The van der Waals surface area contributed by atoms with Crippen LogP contribution in [0, 0.1) is 5.82 Å². The van der Waals surface area contributed by atoms with Gasteiger partial charge < -0.3 is 20.1 Å². The molecule has 12 heteroatoms. The molecule has 40 heavy (non-hydrogen) atoms. The predicted molar refractivity (Wildman–Crippen MR) is 140 cm³/mol. The highest BCUT2D eigenvalue weighted by Crippen LogP contribution is 2.45. The molecule has 1 aromatic heterocycles. The highest BCUT2D eigenvalue weighted by molar-refractivity contribution is 5.86. The van der Waals surface area contributed by atoms with Crippen molar-refractivity contribution in [3.63, 3.8) is 0 Å². The van der Waals surface area contributed by atoms with E-state index in [-0.39, 0.29) is 22.9 Å². The average Bonchev–Trinajstić information content (AvgIpc) is 3.25. The van der Waals surface area contributed by atoms with E-state index in [2.05, 4.69) is 15.2 Å². The maximum absolute atomic E-state index is 14.7. The summed E-state index contributed by atoms with van der Waals surface area (Å²) in [6.07, 6.45) is 0.751. The monoisotopic (exact) mass is 570 g/mol. The fourth-order valence-electron chi connectivity index (χ4n) is 5.85. The van der Waals surface area contributed by atoms with Crippen molar-refractivity contribution in [2.45, 2.75) is 50.4 Å². The maximum Gasteiger partial charge on any atom is 0.387 e. The minimum atomic E-state index is -3.47. The molecule has 2 aliphatic rings. The third-order valence-electron chi connectivity index (χ3n) is 7.70. The number of aromatic nitrogens is 1. The molecular formula is C28H32F6N4O2. The van der Waals surface area contributed by atoms with Crippen LogP contribution in [-0.2, 0) is 6.42 Å². The molecule has 0 bridgehead atoms. The lowest BCUT2D eigenvalue weighted by molar-refractivity contribution is -0.0874. The van der Waals surface area contributed by atoms with Gasteiger partial charge in [-0.25, -0.2) is 13.2 Å². The molecule has 2 atom stereocenters. The van der Waals surface area contributed by atoms with Crippen LogP contribution in [0.15, 0.2) is 36.4 Å². The Balaban J connectivity index is 1.55. The minimum Gasteiger partial charge on any atom is -0.434 e. The molecule has 218 valence electrons. The number of benzene rings is 2. The third-order valence-corrected chi connectivity index (χ3v) is 7.70. The van der Waals surface area contributed by atoms with Gasteiger partial charge in [-0.2, -0.15) is 8.78 Å². The van der Waals surface area contributed by atoms with Crippen LogP contribution < -0.4 is 10.1 Å². The number of aliphatic hydroxyl groups is 1. The van der Waals surface area contributed by atoms with E-state index < -0.39 is 50.3 Å². The first kappa shape index (κ1) is 28.6. The molecule has 1 fully saturated rings. The second kappa shape index (κ2) is 11.5. The summed E-state index contributed by atoms with van der Waals surface area (Å²) < 4.78 is 88.5. The van der Waals surface area contributed by atoms with E-state index >= 15 is 0 Å². The molecule has 1 saturated heterocycles.